The van der Waals surface area contributed by atoms with Gasteiger partial charge in [0.1, 0.15) is 11.1 Å². The lowest BCUT2D eigenvalue weighted by molar-refractivity contribution is 0.465. The lowest BCUT2D eigenvalue weighted by atomic mass is 10.2. The normalized spacial score (nSPS) is 10.4. The lowest BCUT2D eigenvalue weighted by Crippen LogP contribution is -2.21. The number of hydrogen-bond donors (Lipinski definition) is 0. The predicted octanol–water partition coefficient (Wildman–Crippen LogP) is 4.00. The molecule has 0 bridgehead atoms. The number of nitrogens with zero attached hydrogens (tertiary/aromatic N) is 5. The summed E-state index contributed by atoms with van der Waals surface area (Å²) in [5, 5.41) is 18.1. The van der Waals surface area contributed by atoms with Crippen molar-refractivity contribution >= 4 is 17.4 Å². The number of rotatable bonds is 6. The van der Waals surface area contributed by atoms with Crippen LogP contribution in [0, 0.1) is 11.3 Å². The summed E-state index contributed by atoms with van der Waals surface area (Å²) in [4.78, 5) is 6.46. The van der Waals surface area contributed by atoms with Gasteiger partial charge < -0.3 is 9.32 Å². The molecular weight excluding hydrogens is 334 g/mol. The number of anilines is 1. The van der Waals surface area contributed by atoms with Crippen molar-refractivity contribution in [2.75, 3.05) is 18.0 Å². The van der Waals surface area contributed by atoms with Gasteiger partial charge in [-0.3, -0.25) is 0 Å². The van der Waals surface area contributed by atoms with Gasteiger partial charge in [-0.1, -0.05) is 0 Å². The molecule has 3 aromatic rings. The van der Waals surface area contributed by atoms with Crippen molar-refractivity contribution in [3.05, 3.63) is 48.2 Å². The molecule has 0 unspecified atom stereocenters. The summed E-state index contributed by atoms with van der Waals surface area (Å²) < 4.78 is 5.71. The van der Waals surface area contributed by atoms with E-state index in [1.54, 1.807) is 12.1 Å². The molecule has 0 saturated heterocycles. The van der Waals surface area contributed by atoms with Crippen molar-refractivity contribution in [1.82, 2.24) is 15.2 Å². The van der Waals surface area contributed by atoms with Crippen molar-refractivity contribution in [1.29, 1.82) is 5.26 Å². The standard InChI is InChI=1S/C18H17N5OS/c1-3-23(4-2)15-8-6-14(7-9-15)17-21-22-18(24-17)25-16-10-5-13(11-19)12-20-16/h5-10,12H,3-4H2,1-2H3. The Morgan fingerprint density at radius 1 is 1.08 bits per heavy atom. The Balaban J connectivity index is 1.73. The fourth-order valence-corrected chi connectivity index (χ4v) is 2.99. The largest absolute Gasteiger partial charge is 0.411 e. The second-order valence-electron chi connectivity index (χ2n) is 5.19. The van der Waals surface area contributed by atoms with Gasteiger partial charge >= 0.3 is 0 Å². The Morgan fingerprint density at radius 3 is 2.44 bits per heavy atom. The minimum absolute atomic E-state index is 0.417. The van der Waals surface area contributed by atoms with E-state index in [4.69, 9.17) is 9.68 Å². The minimum atomic E-state index is 0.417. The van der Waals surface area contributed by atoms with Crippen LogP contribution in [-0.2, 0) is 0 Å². The highest BCUT2D eigenvalue weighted by Gasteiger charge is 2.11. The number of aromatic nitrogens is 3. The summed E-state index contributed by atoms with van der Waals surface area (Å²) in [5.74, 6) is 0.474. The molecule has 25 heavy (non-hydrogen) atoms. The molecule has 126 valence electrons. The molecule has 2 heterocycles. The zero-order chi connectivity index (χ0) is 17.6. The number of pyridine rings is 1. The van der Waals surface area contributed by atoms with Gasteiger partial charge in [-0.25, -0.2) is 4.98 Å². The van der Waals surface area contributed by atoms with Crippen LogP contribution < -0.4 is 4.90 Å². The minimum Gasteiger partial charge on any atom is -0.411 e. The Kier molecular flexibility index (Phi) is 5.31. The van der Waals surface area contributed by atoms with Crippen LogP contribution in [0.5, 0.6) is 0 Å². The fraction of sp³-hybridized carbons (Fsp3) is 0.222. The summed E-state index contributed by atoms with van der Waals surface area (Å²) in [7, 11) is 0. The van der Waals surface area contributed by atoms with E-state index in [1.165, 1.54) is 23.6 Å². The second kappa shape index (κ2) is 7.81. The number of nitriles is 1. The number of hydrogen-bond acceptors (Lipinski definition) is 7. The molecule has 0 fully saturated rings. The highest BCUT2D eigenvalue weighted by Crippen LogP contribution is 2.28. The highest BCUT2D eigenvalue weighted by molar-refractivity contribution is 7.99. The Bertz CT molecular complexity index is 864. The average molecular weight is 351 g/mol. The summed E-state index contributed by atoms with van der Waals surface area (Å²) in [5.41, 5.74) is 2.57. The molecule has 6 nitrogen and oxygen atoms in total. The van der Waals surface area contributed by atoms with E-state index in [0.717, 1.165) is 18.7 Å². The van der Waals surface area contributed by atoms with Crippen LogP contribution >= 0.6 is 11.8 Å². The van der Waals surface area contributed by atoms with Crippen LogP contribution in [0.2, 0.25) is 0 Å². The van der Waals surface area contributed by atoms with Crippen molar-refractivity contribution in [3.8, 4) is 17.5 Å². The first-order valence-corrected chi connectivity index (χ1v) is 8.78. The van der Waals surface area contributed by atoms with E-state index >= 15 is 0 Å². The molecule has 0 aliphatic heterocycles. The topological polar surface area (TPSA) is 78.8 Å². The second-order valence-corrected chi connectivity index (χ2v) is 6.16. The van der Waals surface area contributed by atoms with Crippen LogP contribution in [0.4, 0.5) is 5.69 Å². The maximum Gasteiger partial charge on any atom is 0.283 e. The van der Waals surface area contributed by atoms with Gasteiger partial charge in [0.15, 0.2) is 0 Å². The van der Waals surface area contributed by atoms with Gasteiger partial charge in [-0.05, 0) is 62.0 Å². The Hall–Kier alpha value is -2.85. The maximum absolute atomic E-state index is 8.79. The molecule has 2 aromatic heterocycles. The van der Waals surface area contributed by atoms with Crippen LogP contribution in [0.3, 0.4) is 0 Å². The third kappa shape index (κ3) is 3.98. The summed E-state index contributed by atoms with van der Waals surface area (Å²) in [6.45, 7) is 6.20. The van der Waals surface area contributed by atoms with Crippen LogP contribution in [0.15, 0.2) is 57.3 Å². The van der Waals surface area contributed by atoms with Crippen molar-refractivity contribution in [3.63, 3.8) is 0 Å². The van der Waals surface area contributed by atoms with Gasteiger partial charge in [0.05, 0.1) is 5.56 Å². The molecule has 0 amide bonds. The van der Waals surface area contributed by atoms with Crippen molar-refractivity contribution in [2.24, 2.45) is 0 Å². The van der Waals surface area contributed by atoms with Crippen LogP contribution in [0.1, 0.15) is 19.4 Å². The molecule has 0 radical (unpaired) electrons. The van der Waals surface area contributed by atoms with E-state index in [1.807, 2.05) is 18.2 Å². The lowest BCUT2D eigenvalue weighted by Gasteiger charge is -2.20. The third-order valence-electron chi connectivity index (χ3n) is 3.71. The molecule has 0 aliphatic carbocycles. The van der Waals surface area contributed by atoms with Gasteiger partial charge in [0, 0.05) is 30.5 Å². The number of benzene rings is 1. The predicted molar refractivity (Wildman–Crippen MR) is 96.4 cm³/mol. The van der Waals surface area contributed by atoms with Crippen LogP contribution in [-0.4, -0.2) is 28.3 Å². The van der Waals surface area contributed by atoms with Gasteiger partial charge in [0.2, 0.25) is 5.89 Å². The maximum atomic E-state index is 8.79. The van der Waals surface area contributed by atoms with E-state index in [9.17, 15) is 0 Å². The van der Waals surface area contributed by atoms with Crippen molar-refractivity contribution in [2.45, 2.75) is 24.1 Å². The van der Waals surface area contributed by atoms with Crippen LogP contribution in [0.25, 0.3) is 11.5 Å². The Morgan fingerprint density at radius 2 is 1.84 bits per heavy atom. The summed E-state index contributed by atoms with van der Waals surface area (Å²) >= 11 is 1.27. The molecule has 0 N–H and O–H groups in total. The molecule has 0 saturated carbocycles. The van der Waals surface area contributed by atoms with Gasteiger partial charge in [0.25, 0.3) is 5.22 Å². The summed E-state index contributed by atoms with van der Waals surface area (Å²) in [6, 6.07) is 13.6. The molecule has 1 aromatic carbocycles. The molecule has 0 atom stereocenters. The zero-order valence-electron chi connectivity index (χ0n) is 14.0. The first-order valence-electron chi connectivity index (χ1n) is 7.96. The van der Waals surface area contributed by atoms with E-state index in [0.29, 0.717) is 21.7 Å². The SMILES string of the molecule is CCN(CC)c1ccc(-c2nnc(Sc3ccc(C#N)cn3)o2)cc1. The van der Waals surface area contributed by atoms with Gasteiger partial charge in [-0.15, -0.1) is 10.2 Å². The monoisotopic (exact) mass is 351 g/mol. The fourth-order valence-electron chi connectivity index (χ4n) is 2.37. The molecule has 3 rings (SSSR count). The van der Waals surface area contributed by atoms with E-state index < -0.39 is 0 Å². The third-order valence-corrected chi connectivity index (χ3v) is 4.50. The smallest absolute Gasteiger partial charge is 0.283 e. The van der Waals surface area contributed by atoms with Crippen molar-refractivity contribution < 1.29 is 4.42 Å². The Labute approximate surface area is 150 Å². The molecule has 0 spiro atoms. The highest BCUT2D eigenvalue weighted by atomic mass is 32.2. The zero-order valence-corrected chi connectivity index (χ0v) is 14.8. The average Bonchev–Trinajstić information content (AvgIpc) is 3.12. The molecule has 0 aliphatic rings. The van der Waals surface area contributed by atoms with Gasteiger partial charge in [-0.2, -0.15) is 5.26 Å². The molecular formula is C18H17N5OS. The summed E-state index contributed by atoms with van der Waals surface area (Å²) in [6.07, 6.45) is 1.52. The molecule has 7 heteroatoms. The first kappa shape index (κ1) is 17.0. The quantitative estimate of drug-likeness (QED) is 0.664. The van der Waals surface area contributed by atoms with E-state index in [2.05, 4.69) is 46.1 Å². The van der Waals surface area contributed by atoms with E-state index in [-0.39, 0.29) is 0 Å². The first-order chi connectivity index (χ1) is 12.2.